The number of alkyl halides is 3. The summed E-state index contributed by atoms with van der Waals surface area (Å²) in [4.78, 5) is 3.43. The minimum absolute atomic E-state index is 0.321. The third-order valence-electron chi connectivity index (χ3n) is 3.29. The van der Waals surface area contributed by atoms with Crippen LogP contribution >= 0.6 is 15.9 Å². The van der Waals surface area contributed by atoms with Gasteiger partial charge in [0.15, 0.2) is 0 Å². The van der Waals surface area contributed by atoms with E-state index in [9.17, 15) is 17.6 Å². The van der Waals surface area contributed by atoms with Gasteiger partial charge in [-0.2, -0.15) is 13.2 Å². The predicted octanol–water partition coefficient (Wildman–Crippen LogP) is 3.27. The zero-order valence-corrected chi connectivity index (χ0v) is 12.3. The molecule has 0 amide bonds. The Morgan fingerprint density at radius 2 is 1.65 bits per heavy atom. The Morgan fingerprint density at radius 3 is 2.25 bits per heavy atom. The van der Waals surface area contributed by atoms with Crippen LogP contribution in [0.5, 0.6) is 0 Å². The highest BCUT2D eigenvalue weighted by Gasteiger charge is 2.32. The standard InChI is InChI=1S/C13H15BrF4N2/c14-12-10(2-1-3-11(12)15)8-19-4-6-20(7-5-19)9-13(16,17)18/h1-3H,4-9H2. The molecule has 20 heavy (non-hydrogen) atoms. The van der Waals surface area contributed by atoms with Crippen molar-refractivity contribution in [3.8, 4) is 0 Å². The molecule has 0 spiro atoms. The van der Waals surface area contributed by atoms with E-state index < -0.39 is 12.7 Å². The van der Waals surface area contributed by atoms with Gasteiger partial charge in [-0.3, -0.25) is 9.80 Å². The molecule has 0 N–H and O–H groups in total. The zero-order chi connectivity index (χ0) is 14.8. The van der Waals surface area contributed by atoms with Crippen molar-refractivity contribution in [2.45, 2.75) is 12.7 Å². The Kier molecular flexibility index (Phi) is 5.04. The monoisotopic (exact) mass is 354 g/mol. The third kappa shape index (κ3) is 4.43. The molecule has 112 valence electrons. The molecule has 0 atom stereocenters. The van der Waals surface area contributed by atoms with Crippen LogP contribution < -0.4 is 0 Å². The number of benzene rings is 1. The first kappa shape index (κ1) is 15.7. The Hall–Kier alpha value is -0.660. The summed E-state index contributed by atoms with van der Waals surface area (Å²) in [7, 11) is 0. The molecule has 1 fully saturated rings. The van der Waals surface area contributed by atoms with Crippen molar-refractivity contribution >= 4 is 15.9 Å². The highest BCUT2D eigenvalue weighted by Crippen LogP contribution is 2.23. The Labute approximate surface area is 123 Å². The van der Waals surface area contributed by atoms with Crippen LogP contribution in [-0.2, 0) is 6.54 Å². The van der Waals surface area contributed by atoms with Crippen LogP contribution in [0, 0.1) is 5.82 Å². The fourth-order valence-corrected chi connectivity index (χ4v) is 2.66. The maximum absolute atomic E-state index is 13.4. The molecule has 0 radical (unpaired) electrons. The lowest BCUT2D eigenvalue weighted by Crippen LogP contribution is -2.48. The number of hydrogen-bond donors (Lipinski definition) is 0. The molecule has 2 nitrogen and oxygen atoms in total. The van der Waals surface area contributed by atoms with Gasteiger partial charge in [-0.15, -0.1) is 0 Å². The highest BCUT2D eigenvalue weighted by atomic mass is 79.9. The van der Waals surface area contributed by atoms with E-state index in [1.165, 1.54) is 11.0 Å². The van der Waals surface area contributed by atoms with Crippen molar-refractivity contribution in [1.82, 2.24) is 9.80 Å². The molecular formula is C13H15BrF4N2. The number of hydrogen-bond acceptors (Lipinski definition) is 2. The molecule has 1 aromatic carbocycles. The van der Waals surface area contributed by atoms with Crippen molar-refractivity contribution in [1.29, 1.82) is 0 Å². The van der Waals surface area contributed by atoms with Gasteiger partial charge in [0.2, 0.25) is 0 Å². The number of piperazine rings is 1. The summed E-state index contributed by atoms with van der Waals surface area (Å²) in [6.07, 6.45) is -4.15. The molecule has 0 saturated carbocycles. The third-order valence-corrected chi connectivity index (χ3v) is 4.18. The van der Waals surface area contributed by atoms with Gasteiger partial charge < -0.3 is 0 Å². The Balaban J connectivity index is 1.87. The van der Waals surface area contributed by atoms with Crippen molar-refractivity contribution in [3.05, 3.63) is 34.1 Å². The Morgan fingerprint density at radius 1 is 1.05 bits per heavy atom. The van der Waals surface area contributed by atoms with E-state index in [-0.39, 0.29) is 5.82 Å². The highest BCUT2D eigenvalue weighted by molar-refractivity contribution is 9.10. The molecule has 1 aromatic rings. The molecule has 0 unspecified atom stereocenters. The molecular weight excluding hydrogens is 340 g/mol. The lowest BCUT2D eigenvalue weighted by atomic mass is 10.2. The first-order valence-corrected chi connectivity index (χ1v) is 7.09. The summed E-state index contributed by atoms with van der Waals surface area (Å²) < 4.78 is 50.6. The van der Waals surface area contributed by atoms with E-state index in [2.05, 4.69) is 15.9 Å². The molecule has 0 aliphatic carbocycles. The largest absolute Gasteiger partial charge is 0.401 e. The van der Waals surface area contributed by atoms with Gasteiger partial charge in [-0.1, -0.05) is 12.1 Å². The van der Waals surface area contributed by atoms with E-state index in [4.69, 9.17) is 0 Å². The SMILES string of the molecule is Fc1cccc(CN2CCN(CC(F)(F)F)CC2)c1Br. The zero-order valence-electron chi connectivity index (χ0n) is 10.8. The van der Waals surface area contributed by atoms with Crippen LogP contribution in [0.25, 0.3) is 0 Å². The second-order valence-corrected chi connectivity index (χ2v) is 5.67. The van der Waals surface area contributed by atoms with E-state index in [0.29, 0.717) is 37.2 Å². The summed E-state index contributed by atoms with van der Waals surface area (Å²) >= 11 is 3.20. The molecule has 1 saturated heterocycles. The van der Waals surface area contributed by atoms with Crippen LogP contribution in [0.1, 0.15) is 5.56 Å². The lowest BCUT2D eigenvalue weighted by molar-refractivity contribution is -0.149. The minimum atomic E-state index is -4.15. The van der Waals surface area contributed by atoms with Gasteiger partial charge >= 0.3 is 6.18 Å². The maximum Gasteiger partial charge on any atom is 0.401 e. The summed E-state index contributed by atoms with van der Waals surface area (Å²) in [6, 6.07) is 4.82. The average molecular weight is 355 g/mol. The first-order valence-electron chi connectivity index (χ1n) is 6.29. The van der Waals surface area contributed by atoms with Gasteiger partial charge in [0, 0.05) is 32.7 Å². The minimum Gasteiger partial charge on any atom is -0.296 e. The van der Waals surface area contributed by atoms with Crippen molar-refractivity contribution in [2.75, 3.05) is 32.7 Å². The van der Waals surface area contributed by atoms with Crippen LogP contribution in [0.3, 0.4) is 0 Å². The molecule has 0 aromatic heterocycles. The van der Waals surface area contributed by atoms with Crippen molar-refractivity contribution < 1.29 is 17.6 Å². The fourth-order valence-electron chi connectivity index (χ4n) is 2.27. The number of halogens is 5. The van der Waals surface area contributed by atoms with Gasteiger partial charge in [-0.25, -0.2) is 4.39 Å². The van der Waals surface area contributed by atoms with Gasteiger partial charge in [0.1, 0.15) is 5.82 Å². The van der Waals surface area contributed by atoms with E-state index in [0.717, 1.165) is 5.56 Å². The van der Waals surface area contributed by atoms with Crippen LogP contribution in [-0.4, -0.2) is 48.7 Å². The molecule has 1 aliphatic rings. The predicted molar refractivity (Wildman–Crippen MR) is 71.9 cm³/mol. The van der Waals surface area contributed by atoms with Crippen LogP contribution in [0.4, 0.5) is 17.6 Å². The molecule has 0 bridgehead atoms. The molecule has 2 rings (SSSR count). The van der Waals surface area contributed by atoms with Crippen LogP contribution in [0.15, 0.2) is 22.7 Å². The maximum atomic E-state index is 13.4. The molecule has 7 heteroatoms. The number of nitrogens with zero attached hydrogens (tertiary/aromatic N) is 2. The van der Waals surface area contributed by atoms with E-state index in [1.54, 1.807) is 6.07 Å². The first-order chi connectivity index (χ1) is 9.35. The van der Waals surface area contributed by atoms with Gasteiger partial charge in [-0.05, 0) is 27.6 Å². The molecule has 1 heterocycles. The van der Waals surface area contributed by atoms with Crippen LogP contribution in [0.2, 0.25) is 0 Å². The Bertz CT molecular complexity index is 456. The van der Waals surface area contributed by atoms with Crippen molar-refractivity contribution in [3.63, 3.8) is 0 Å². The van der Waals surface area contributed by atoms with Gasteiger partial charge in [0.05, 0.1) is 11.0 Å². The topological polar surface area (TPSA) is 6.48 Å². The fraction of sp³-hybridized carbons (Fsp3) is 0.538. The van der Waals surface area contributed by atoms with E-state index >= 15 is 0 Å². The number of rotatable bonds is 3. The molecule has 1 aliphatic heterocycles. The average Bonchev–Trinajstić information content (AvgIpc) is 2.35. The van der Waals surface area contributed by atoms with E-state index in [1.807, 2.05) is 11.0 Å². The van der Waals surface area contributed by atoms with Crippen molar-refractivity contribution in [2.24, 2.45) is 0 Å². The summed E-state index contributed by atoms with van der Waals surface area (Å²) in [5, 5.41) is 0. The lowest BCUT2D eigenvalue weighted by Gasteiger charge is -2.35. The second kappa shape index (κ2) is 6.41. The second-order valence-electron chi connectivity index (χ2n) is 4.88. The quantitative estimate of drug-likeness (QED) is 0.768. The van der Waals surface area contributed by atoms with Gasteiger partial charge in [0.25, 0.3) is 0 Å². The summed E-state index contributed by atoms with van der Waals surface area (Å²) in [5.74, 6) is -0.321. The summed E-state index contributed by atoms with van der Waals surface area (Å²) in [5.41, 5.74) is 0.814. The smallest absolute Gasteiger partial charge is 0.296 e. The summed E-state index contributed by atoms with van der Waals surface area (Å²) in [6.45, 7) is 1.56. The normalized spacial score (nSPS) is 18.4.